The molecular weight excluding hydrogens is 218 g/mol. The second-order valence-electron chi connectivity index (χ2n) is 4.11. The van der Waals surface area contributed by atoms with Gasteiger partial charge in [-0.15, -0.1) is 0 Å². The van der Waals surface area contributed by atoms with Crippen LogP contribution < -0.4 is 5.32 Å². The molecule has 0 spiro atoms. The molecule has 0 aliphatic rings. The standard InChI is InChI=1S/C12H15N3O2/c1-4-12(3,11(16)17)15-10-6-9(7-13)5-8(2)14-10/h5-6H,4H2,1-3H3,(H,14,15)(H,16,17). The highest BCUT2D eigenvalue weighted by molar-refractivity contribution is 5.81. The Bertz CT molecular complexity index is 479. The summed E-state index contributed by atoms with van der Waals surface area (Å²) in [5.41, 5.74) is 0.0623. The van der Waals surface area contributed by atoms with E-state index in [0.29, 0.717) is 23.5 Å². The Morgan fingerprint density at radius 3 is 2.76 bits per heavy atom. The van der Waals surface area contributed by atoms with Crippen LogP contribution in [0.4, 0.5) is 5.82 Å². The van der Waals surface area contributed by atoms with Crippen molar-refractivity contribution in [3.8, 4) is 6.07 Å². The van der Waals surface area contributed by atoms with E-state index in [0.717, 1.165) is 0 Å². The summed E-state index contributed by atoms with van der Waals surface area (Å²) in [5.74, 6) is -0.532. The number of nitrogens with zero attached hydrogens (tertiary/aromatic N) is 2. The number of aryl methyl sites for hydroxylation is 1. The van der Waals surface area contributed by atoms with Crippen molar-refractivity contribution in [3.05, 3.63) is 23.4 Å². The van der Waals surface area contributed by atoms with Gasteiger partial charge in [0, 0.05) is 5.69 Å². The predicted molar refractivity (Wildman–Crippen MR) is 63.6 cm³/mol. The minimum absolute atomic E-state index is 0.410. The molecule has 0 bridgehead atoms. The van der Waals surface area contributed by atoms with Crippen LogP contribution >= 0.6 is 0 Å². The van der Waals surface area contributed by atoms with Crippen LogP contribution in [0.15, 0.2) is 12.1 Å². The minimum atomic E-state index is -1.08. The number of nitriles is 1. The summed E-state index contributed by atoms with van der Waals surface area (Å²) in [7, 11) is 0. The van der Waals surface area contributed by atoms with Crippen LogP contribution in [-0.2, 0) is 4.79 Å². The second-order valence-corrected chi connectivity index (χ2v) is 4.11. The smallest absolute Gasteiger partial charge is 0.329 e. The van der Waals surface area contributed by atoms with Gasteiger partial charge in [-0.25, -0.2) is 9.78 Å². The average Bonchev–Trinajstić information content (AvgIpc) is 2.27. The third kappa shape index (κ3) is 2.94. The minimum Gasteiger partial charge on any atom is -0.480 e. The molecule has 1 rings (SSSR count). The molecule has 0 aromatic carbocycles. The van der Waals surface area contributed by atoms with Gasteiger partial charge in [0.25, 0.3) is 0 Å². The zero-order chi connectivity index (χ0) is 13.1. The van der Waals surface area contributed by atoms with Gasteiger partial charge in [0.05, 0.1) is 11.6 Å². The van der Waals surface area contributed by atoms with Gasteiger partial charge in [0.1, 0.15) is 11.4 Å². The number of carboxylic acid groups (broad SMARTS) is 1. The molecule has 5 heteroatoms. The summed E-state index contributed by atoms with van der Waals surface area (Å²) in [6.07, 6.45) is 0.417. The number of rotatable bonds is 4. The number of nitrogens with one attached hydrogen (secondary N) is 1. The quantitative estimate of drug-likeness (QED) is 0.829. The number of carbonyl (C=O) groups is 1. The fourth-order valence-electron chi connectivity index (χ4n) is 1.37. The Morgan fingerprint density at radius 1 is 1.65 bits per heavy atom. The molecule has 1 unspecified atom stereocenters. The SMILES string of the molecule is CCC(C)(Nc1cc(C#N)cc(C)n1)C(=O)O. The number of hydrogen-bond acceptors (Lipinski definition) is 4. The van der Waals surface area contributed by atoms with Crippen molar-refractivity contribution in [2.24, 2.45) is 0 Å². The van der Waals surface area contributed by atoms with Crippen molar-refractivity contribution < 1.29 is 9.90 Å². The van der Waals surface area contributed by atoms with Crippen molar-refractivity contribution in [2.45, 2.75) is 32.7 Å². The van der Waals surface area contributed by atoms with Gasteiger partial charge in [-0.2, -0.15) is 5.26 Å². The monoisotopic (exact) mass is 233 g/mol. The zero-order valence-electron chi connectivity index (χ0n) is 10.1. The van der Waals surface area contributed by atoms with E-state index in [1.807, 2.05) is 6.07 Å². The summed E-state index contributed by atoms with van der Waals surface area (Å²) in [6.45, 7) is 5.13. The first kappa shape index (κ1) is 13.0. The molecule has 0 saturated heterocycles. The lowest BCUT2D eigenvalue weighted by atomic mass is 9.99. The molecule has 0 aliphatic heterocycles. The van der Waals surface area contributed by atoms with E-state index in [1.165, 1.54) is 0 Å². The average molecular weight is 233 g/mol. The van der Waals surface area contributed by atoms with Crippen LogP contribution in [0.1, 0.15) is 31.5 Å². The lowest BCUT2D eigenvalue weighted by molar-refractivity contribution is -0.141. The van der Waals surface area contributed by atoms with Crippen LogP contribution in [0.3, 0.4) is 0 Å². The normalized spacial score (nSPS) is 13.5. The fraction of sp³-hybridized carbons (Fsp3) is 0.417. The highest BCUT2D eigenvalue weighted by Crippen LogP contribution is 2.18. The maximum absolute atomic E-state index is 11.1. The fourth-order valence-corrected chi connectivity index (χ4v) is 1.37. The predicted octanol–water partition coefficient (Wildman–Crippen LogP) is 1.93. The van der Waals surface area contributed by atoms with Gasteiger partial charge >= 0.3 is 5.97 Å². The molecule has 1 aromatic heterocycles. The summed E-state index contributed by atoms with van der Waals surface area (Å²) >= 11 is 0. The zero-order valence-corrected chi connectivity index (χ0v) is 10.1. The summed E-state index contributed by atoms with van der Waals surface area (Å²) in [5, 5.41) is 20.8. The Morgan fingerprint density at radius 2 is 2.29 bits per heavy atom. The molecule has 1 aromatic rings. The number of pyridine rings is 1. The third-order valence-electron chi connectivity index (χ3n) is 2.67. The van der Waals surface area contributed by atoms with Gasteiger partial charge in [-0.1, -0.05) is 6.92 Å². The molecule has 0 fully saturated rings. The van der Waals surface area contributed by atoms with E-state index in [2.05, 4.69) is 10.3 Å². The summed E-state index contributed by atoms with van der Waals surface area (Å²) < 4.78 is 0. The van der Waals surface area contributed by atoms with Crippen molar-refractivity contribution in [1.82, 2.24) is 4.98 Å². The molecule has 17 heavy (non-hydrogen) atoms. The molecule has 0 amide bonds. The largest absolute Gasteiger partial charge is 0.480 e. The molecule has 90 valence electrons. The van der Waals surface area contributed by atoms with Crippen LogP contribution in [-0.4, -0.2) is 21.6 Å². The first-order valence-electron chi connectivity index (χ1n) is 5.31. The third-order valence-corrected chi connectivity index (χ3v) is 2.67. The van der Waals surface area contributed by atoms with Crippen molar-refractivity contribution in [3.63, 3.8) is 0 Å². The number of anilines is 1. The van der Waals surface area contributed by atoms with Crippen LogP contribution in [0.25, 0.3) is 0 Å². The second kappa shape index (κ2) is 4.83. The maximum atomic E-state index is 11.1. The van der Waals surface area contributed by atoms with E-state index in [9.17, 15) is 4.79 Å². The molecule has 5 nitrogen and oxygen atoms in total. The Balaban J connectivity index is 3.07. The topological polar surface area (TPSA) is 86.0 Å². The van der Waals surface area contributed by atoms with E-state index in [1.54, 1.807) is 32.9 Å². The Kier molecular flexibility index (Phi) is 3.69. The summed E-state index contributed by atoms with van der Waals surface area (Å²) in [6, 6.07) is 5.21. The lowest BCUT2D eigenvalue weighted by Crippen LogP contribution is -2.43. The van der Waals surface area contributed by atoms with Crippen LogP contribution in [0, 0.1) is 18.3 Å². The molecule has 0 radical (unpaired) electrons. The molecule has 2 N–H and O–H groups in total. The molecule has 1 heterocycles. The van der Waals surface area contributed by atoms with Crippen molar-refractivity contribution >= 4 is 11.8 Å². The van der Waals surface area contributed by atoms with Crippen LogP contribution in [0.5, 0.6) is 0 Å². The summed E-state index contributed by atoms with van der Waals surface area (Å²) in [4.78, 5) is 15.3. The Hall–Kier alpha value is -2.09. The lowest BCUT2D eigenvalue weighted by Gasteiger charge is -2.25. The highest BCUT2D eigenvalue weighted by Gasteiger charge is 2.31. The molecule has 0 saturated carbocycles. The molecule has 1 atom stereocenters. The van der Waals surface area contributed by atoms with Gasteiger partial charge in [0.2, 0.25) is 0 Å². The first-order valence-corrected chi connectivity index (χ1v) is 5.31. The van der Waals surface area contributed by atoms with Crippen molar-refractivity contribution in [2.75, 3.05) is 5.32 Å². The number of aromatic nitrogens is 1. The van der Waals surface area contributed by atoms with Crippen LogP contribution in [0.2, 0.25) is 0 Å². The Labute approximate surface area is 100 Å². The van der Waals surface area contributed by atoms with E-state index in [4.69, 9.17) is 10.4 Å². The maximum Gasteiger partial charge on any atom is 0.329 e. The number of carboxylic acids is 1. The van der Waals surface area contributed by atoms with Crippen molar-refractivity contribution in [1.29, 1.82) is 5.26 Å². The number of hydrogen-bond donors (Lipinski definition) is 2. The molecule has 0 aliphatic carbocycles. The van der Waals surface area contributed by atoms with Gasteiger partial charge < -0.3 is 10.4 Å². The molecular formula is C12H15N3O2. The van der Waals surface area contributed by atoms with Gasteiger partial charge in [0.15, 0.2) is 0 Å². The van der Waals surface area contributed by atoms with E-state index >= 15 is 0 Å². The number of aliphatic carboxylic acids is 1. The van der Waals surface area contributed by atoms with E-state index in [-0.39, 0.29) is 0 Å². The highest BCUT2D eigenvalue weighted by atomic mass is 16.4. The van der Waals surface area contributed by atoms with E-state index < -0.39 is 11.5 Å². The van der Waals surface area contributed by atoms with Gasteiger partial charge in [-0.3, -0.25) is 0 Å². The first-order chi connectivity index (χ1) is 7.91. The van der Waals surface area contributed by atoms with Gasteiger partial charge in [-0.05, 0) is 32.4 Å².